The summed E-state index contributed by atoms with van der Waals surface area (Å²) in [7, 11) is 0. The Hall–Kier alpha value is -2.14. The number of hydrogen-bond acceptors (Lipinski definition) is 3. The first-order valence-corrected chi connectivity index (χ1v) is 6.54. The molecular weight excluding hydrogens is 256 g/mol. The number of carboxylic acid groups (broad SMARTS) is 1. The number of amides is 1. The number of nitrogens with one attached hydrogen (secondary N) is 1. The number of carbonyl (C=O) groups is 2. The van der Waals surface area contributed by atoms with E-state index >= 15 is 0 Å². The van der Waals surface area contributed by atoms with Crippen molar-refractivity contribution in [2.75, 3.05) is 13.1 Å². The molecule has 0 fully saturated rings. The van der Waals surface area contributed by atoms with Gasteiger partial charge in [-0.15, -0.1) is 6.58 Å². The van der Waals surface area contributed by atoms with Crippen LogP contribution in [0.5, 0.6) is 0 Å². The van der Waals surface area contributed by atoms with E-state index in [2.05, 4.69) is 11.9 Å². The first kappa shape index (κ1) is 14.3. The summed E-state index contributed by atoms with van der Waals surface area (Å²) in [5.74, 6) is -1.16. The minimum Gasteiger partial charge on any atom is -0.480 e. The largest absolute Gasteiger partial charge is 0.480 e. The van der Waals surface area contributed by atoms with Crippen molar-refractivity contribution < 1.29 is 14.7 Å². The SMILES string of the molecule is C=CCNCC(=O)N1Cc2ccccc2C[C@H]1C(=O)O. The Kier molecular flexibility index (Phi) is 4.53. The molecule has 1 aromatic carbocycles. The number of fused-ring (bicyclic) bond motifs is 1. The van der Waals surface area contributed by atoms with Gasteiger partial charge in [0.25, 0.3) is 0 Å². The molecule has 0 unspecified atom stereocenters. The number of carbonyl (C=O) groups excluding carboxylic acids is 1. The fourth-order valence-electron chi connectivity index (χ4n) is 2.39. The average molecular weight is 274 g/mol. The van der Waals surface area contributed by atoms with Crippen molar-refractivity contribution in [3.63, 3.8) is 0 Å². The zero-order valence-electron chi connectivity index (χ0n) is 11.2. The smallest absolute Gasteiger partial charge is 0.326 e. The van der Waals surface area contributed by atoms with Crippen molar-refractivity contribution in [1.82, 2.24) is 10.2 Å². The molecule has 1 amide bonds. The van der Waals surface area contributed by atoms with Gasteiger partial charge in [-0.1, -0.05) is 30.3 Å². The average Bonchev–Trinajstić information content (AvgIpc) is 2.46. The molecule has 1 aromatic rings. The van der Waals surface area contributed by atoms with Gasteiger partial charge in [-0.3, -0.25) is 4.79 Å². The molecule has 20 heavy (non-hydrogen) atoms. The van der Waals surface area contributed by atoms with Crippen LogP contribution in [0.3, 0.4) is 0 Å². The Balaban J connectivity index is 2.15. The Morgan fingerprint density at radius 2 is 2.10 bits per heavy atom. The Bertz CT molecular complexity index is 528. The Labute approximate surface area is 117 Å². The molecule has 1 heterocycles. The zero-order valence-corrected chi connectivity index (χ0v) is 11.2. The maximum atomic E-state index is 12.2. The summed E-state index contributed by atoms with van der Waals surface area (Å²) in [5, 5.41) is 12.2. The highest BCUT2D eigenvalue weighted by molar-refractivity contribution is 5.85. The van der Waals surface area contributed by atoms with Crippen LogP contribution in [0.25, 0.3) is 0 Å². The quantitative estimate of drug-likeness (QED) is 0.615. The van der Waals surface area contributed by atoms with E-state index in [0.29, 0.717) is 19.5 Å². The van der Waals surface area contributed by atoms with Crippen LogP contribution in [-0.4, -0.2) is 41.0 Å². The maximum Gasteiger partial charge on any atom is 0.326 e. The fraction of sp³-hybridized carbons (Fsp3) is 0.333. The number of rotatable bonds is 5. The van der Waals surface area contributed by atoms with Gasteiger partial charge in [0.05, 0.1) is 6.54 Å². The van der Waals surface area contributed by atoms with Crippen molar-refractivity contribution in [1.29, 1.82) is 0 Å². The highest BCUT2D eigenvalue weighted by atomic mass is 16.4. The van der Waals surface area contributed by atoms with Gasteiger partial charge in [0, 0.05) is 19.5 Å². The van der Waals surface area contributed by atoms with E-state index in [-0.39, 0.29) is 12.5 Å². The number of benzene rings is 1. The van der Waals surface area contributed by atoms with Gasteiger partial charge in [0.1, 0.15) is 6.04 Å². The third kappa shape index (κ3) is 3.05. The maximum absolute atomic E-state index is 12.2. The van der Waals surface area contributed by atoms with E-state index in [4.69, 9.17) is 0 Å². The number of aliphatic carboxylic acids is 1. The van der Waals surface area contributed by atoms with Crippen molar-refractivity contribution >= 4 is 11.9 Å². The number of nitrogens with zero attached hydrogens (tertiary/aromatic N) is 1. The van der Waals surface area contributed by atoms with E-state index in [1.807, 2.05) is 24.3 Å². The minimum absolute atomic E-state index is 0.123. The second-order valence-electron chi connectivity index (χ2n) is 4.77. The minimum atomic E-state index is -0.962. The van der Waals surface area contributed by atoms with Crippen LogP contribution in [0.4, 0.5) is 0 Å². The van der Waals surface area contributed by atoms with E-state index in [0.717, 1.165) is 11.1 Å². The predicted octanol–water partition coefficient (Wildman–Crippen LogP) is 0.800. The van der Waals surface area contributed by atoms with Crippen LogP contribution in [0.15, 0.2) is 36.9 Å². The van der Waals surface area contributed by atoms with Crippen molar-refractivity contribution in [2.45, 2.75) is 19.0 Å². The van der Waals surface area contributed by atoms with Gasteiger partial charge in [-0.05, 0) is 11.1 Å². The molecule has 0 saturated heterocycles. The van der Waals surface area contributed by atoms with E-state index in [9.17, 15) is 14.7 Å². The molecule has 0 spiro atoms. The first-order valence-electron chi connectivity index (χ1n) is 6.54. The zero-order chi connectivity index (χ0) is 14.5. The summed E-state index contributed by atoms with van der Waals surface area (Å²) < 4.78 is 0. The van der Waals surface area contributed by atoms with E-state index in [1.165, 1.54) is 4.90 Å². The number of carboxylic acids is 1. The molecule has 1 atom stereocenters. The van der Waals surface area contributed by atoms with Gasteiger partial charge in [-0.2, -0.15) is 0 Å². The summed E-state index contributed by atoms with van der Waals surface area (Å²) in [6, 6.07) is 6.86. The van der Waals surface area contributed by atoms with Crippen LogP contribution in [0.2, 0.25) is 0 Å². The van der Waals surface area contributed by atoms with Crippen LogP contribution < -0.4 is 5.32 Å². The van der Waals surface area contributed by atoms with Crippen LogP contribution in [-0.2, 0) is 22.6 Å². The van der Waals surface area contributed by atoms with E-state index < -0.39 is 12.0 Å². The summed E-state index contributed by atoms with van der Waals surface area (Å²) >= 11 is 0. The van der Waals surface area contributed by atoms with Crippen LogP contribution in [0.1, 0.15) is 11.1 Å². The standard InChI is InChI=1S/C15H18N2O3/c1-2-7-16-9-14(18)17-10-12-6-4-3-5-11(12)8-13(17)15(19)20/h2-6,13,16H,1,7-10H2,(H,19,20)/t13-/m0/s1. The normalized spacial score (nSPS) is 17.4. The lowest BCUT2D eigenvalue weighted by atomic mass is 9.94. The van der Waals surface area contributed by atoms with Gasteiger partial charge in [-0.25, -0.2) is 4.79 Å². The molecule has 2 rings (SSSR count). The summed E-state index contributed by atoms with van der Waals surface area (Å²) in [4.78, 5) is 25.0. The fourth-order valence-corrected chi connectivity index (χ4v) is 2.39. The van der Waals surface area contributed by atoms with Gasteiger partial charge in [0.15, 0.2) is 0 Å². The summed E-state index contributed by atoms with van der Waals surface area (Å²) in [5.41, 5.74) is 2.02. The lowest BCUT2D eigenvalue weighted by Gasteiger charge is -2.34. The Morgan fingerprint density at radius 3 is 2.75 bits per heavy atom. The molecule has 0 aliphatic carbocycles. The summed E-state index contributed by atoms with van der Waals surface area (Å²) in [6.45, 7) is 4.56. The molecule has 5 heteroatoms. The lowest BCUT2D eigenvalue weighted by Crippen LogP contribution is -2.51. The molecule has 106 valence electrons. The van der Waals surface area contributed by atoms with Gasteiger partial charge >= 0.3 is 5.97 Å². The second kappa shape index (κ2) is 6.34. The first-order chi connectivity index (χ1) is 9.63. The topological polar surface area (TPSA) is 69.6 Å². The van der Waals surface area contributed by atoms with Crippen LogP contribution >= 0.6 is 0 Å². The molecule has 1 aliphatic heterocycles. The molecule has 0 saturated carbocycles. The van der Waals surface area contributed by atoms with Gasteiger partial charge < -0.3 is 15.3 Å². The van der Waals surface area contributed by atoms with Crippen molar-refractivity contribution in [2.24, 2.45) is 0 Å². The molecule has 0 bridgehead atoms. The van der Waals surface area contributed by atoms with E-state index in [1.54, 1.807) is 6.08 Å². The molecule has 0 radical (unpaired) electrons. The monoisotopic (exact) mass is 274 g/mol. The predicted molar refractivity (Wildman–Crippen MR) is 75.2 cm³/mol. The third-order valence-electron chi connectivity index (χ3n) is 3.42. The lowest BCUT2D eigenvalue weighted by molar-refractivity contribution is -0.151. The molecule has 5 nitrogen and oxygen atoms in total. The van der Waals surface area contributed by atoms with Gasteiger partial charge in [0.2, 0.25) is 5.91 Å². The summed E-state index contributed by atoms with van der Waals surface area (Å²) in [6.07, 6.45) is 2.02. The number of hydrogen-bond donors (Lipinski definition) is 2. The molecular formula is C15H18N2O3. The Morgan fingerprint density at radius 1 is 1.40 bits per heavy atom. The van der Waals surface area contributed by atoms with Crippen LogP contribution in [0, 0.1) is 0 Å². The highest BCUT2D eigenvalue weighted by Crippen LogP contribution is 2.23. The molecule has 0 aromatic heterocycles. The molecule has 2 N–H and O–H groups in total. The molecule has 1 aliphatic rings. The second-order valence-corrected chi connectivity index (χ2v) is 4.77. The third-order valence-corrected chi connectivity index (χ3v) is 3.42. The van der Waals surface area contributed by atoms with Crippen molar-refractivity contribution in [3.05, 3.63) is 48.0 Å². The van der Waals surface area contributed by atoms with Crippen molar-refractivity contribution in [3.8, 4) is 0 Å². The highest BCUT2D eigenvalue weighted by Gasteiger charge is 2.33.